The molecule has 3 saturated carbocycles. The van der Waals surface area contributed by atoms with Gasteiger partial charge in [0, 0.05) is 19.0 Å². The molecule has 6 nitrogen and oxygen atoms in total. The summed E-state index contributed by atoms with van der Waals surface area (Å²) in [5, 5.41) is 19.4. The predicted molar refractivity (Wildman–Crippen MR) is 111 cm³/mol. The van der Waals surface area contributed by atoms with Crippen LogP contribution in [0.4, 0.5) is 4.39 Å². The van der Waals surface area contributed by atoms with Crippen molar-refractivity contribution in [2.45, 2.75) is 82.8 Å². The molecule has 0 radical (unpaired) electrons. The van der Waals surface area contributed by atoms with Crippen molar-refractivity contribution < 1.29 is 19.6 Å². The summed E-state index contributed by atoms with van der Waals surface area (Å²) in [6, 6.07) is -0.256. The van der Waals surface area contributed by atoms with E-state index in [0.29, 0.717) is 42.4 Å². The lowest BCUT2D eigenvalue weighted by molar-refractivity contribution is -0.339. The molecule has 1 saturated heterocycles. The molecule has 7 atom stereocenters. The zero-order chi connectivity index (χ0) is 21.3. The summed E-state index contributed by atoms with van der Waals surface area (Å²) in [5.41, 5.74) is 5.86. The second-order valence-electron chi connectivity index (χ2n) is 10.5. The van der Waals surface area contributed by atoms with Gasteiger partial charge < -0.3 is 10.6 Å². The number of halogens is 1. The van der Waals surface area contributed by atoms with Gasteiger partial charge in [-0.25, -0.2) is 4.39 Å². The number of hydroxylamine groups is 2. The van der Waals surface area contributed by atoms with Crippen molar-refractivity contribution >= 4 is 5.91 Å². The molecule has 4 N–H and O–H groups in total. The average molecular weight is 426 g/mol. The normalized spacial score (nSPS) is 41.0. The van der Waals surface area contributed by atoms with E-state index in [1.54, 1.807) is 0 Å². The van der Waals surface area contributed by atoms with Gasteiger partial charge in [-0.05, 0) is 93.9 Å². The zero-order valence-corrected chi connectivity index (χ0v) is 18.2. The van der Waals surface area contributed by atoms with Crippen molar-refractivity contribution in [3.63, 3.8) is 0 Å². The molecular weight excluding hydrogens is 385 g/mol. The highest BCUT2D eigenvalue weighted by Gasteiger charge is 2.44. The van der Waals surface area contributed by atoms with Gasteiger partial charge in [0.15, 0.2) is 0 Å². The summed E-state index contributed by atoms with van der Waals surface area (Å²) in [7, 11) is 0. The van der Waals surface area contributed by atoms with Crippen LogP contribution in [0.2, 0.25) is 0 Å². The molecule has 3 aliphatic carbocycles. The predicted octanol–water partition coefficient (Wildman–Crippen LogP) is 3.60. The van der Waals surface area contributed by atoms with Crippen LogP contribution < -0.4 is 5.73 Å². The summed E-state index contributed by atoms with van der Waals surface area (Å²) in [6.07, 6.45) is 9.16. The molecule has 0 bridgehead atoms. The number of hydrogen-bond acceptors (Lipinski definition) is 5. The van der Waals surface area contributed by atoms with Gasteiger partial charge in [0.05, 0.1) is 6.04 Å². The van der Waals surface area contributed by atoms with E-state index in [1.165, 1.54) is 0 Å². The van der Waals surface area contributed by atoms with Gasteiger partial charge in [0.25, 0.3) is 0 Å². The second-order valence-corrected chi connectivity index (χ2v) is 10.5. The Morgan fingerprint density at radius 2 is 1.67 bits per heavy atom. The monoisotopic (exact) mass is 425 g/mol. The minimum Gasteiger partial charge on any atom is -0.342 e. The number of nitrogens with zero attached hydrogens (tertiary/aromatic N) is 2. The van der Waals surface area contributed by atoms with E-state index in [0.717, 1.165) is 70.9 Å². The number of amides is 1. The van der Waals surface area contributed by atoms with Gasteiger partial charge >= 0.3 is 0 Å². The van der Waals surface area contributed by atoms with Gasteiger partial charge in [0.2, 0.25) is 5.91 Å². The van der Waals surface area contributed by atoms with E-state index in [-0.39, 0.29) is 29.7 Å². The lowest BCUT2D eigenvalue weighted by Crippen LogP contribution is -2.50. The third kappa shape index (κ3) is 4.69. The van der Waals surface area contributed by atoms with Gasteiger partial charge in [-0.15, -0.1) is 0 Å². The Balaban J connectivity index is 1.34. The highest BCUT2D eigenvalue weighted by Crippen LogP contribution is 2.46. The summed E-state index contributed by atoms with van der Waals surface area (Å²) in [6.45, 7) is 2.14. The second kappa shape index (κ2) is 9.80. The van der Waals surface area contributed by atoms with Crippen molar-refractivity contribution in [2.24, 2.45) is 41.2 Å². The Kier molecular flexibility index (Phi) is 7.33. The van der Waals surface area contributed by atoms with E-state index in [9.17, 15) is 19.6 Å². The van der Waals surface area contributed by atoms with Crippen LogP contribution in [0.1, 0.15) is 70.6 Å². The molecule has 1 heterocycles. The van der Waals surface area contributed by atoms with Crippen LogP contribution in [0.5, 0.6) is 0 Å². The molecule has 4 rings (SSSR count). The number of nitrogens with two attached hydrogens (primary N) is 1. The Bertz CT molecular complexity index is 584. The molecule has 0 spiro atoms. The van der Waals surface area contributed by atoms with E-state index in [1.807, 2.05) is 4.90 Å². The first-order chi connectivity index (χ1) is 14.5. The molecule has 7 heteroatoms. The summed E-state index contributed by atoms with van der Waals surface area (Å²) >= 11 is 0. The molecule has 1 aliphatic heterocycles. The summed E-state index contributed by atoms with van der Waals surface area (Å²) in [4.78, 5) is 15.5. The number of fused-ring (bicyclic) bond motifs is 1. The SMILES string of the molecule is NCC1CCC(F)C(C2CCN(C(=O)C3CCCC4CCC(N(O)O)CC43)CC2)C1. The Hall–Kier alpha value is -0.760. The number of carbonyl (C=O) groups excluding carboxylic acids is 1. The quantitative estimate of drug-likeness (QED) is 0.599. The van der Waals surface area contributed by atoms with Crippen molar-refractivity contribution in [3.05, 3.63) is 0 Å². The maximum Gasteiger partial charge on any atom is 0.225 e. The number of rotatable bonds is 4. The fourth-order valence-electron chi connectivity index (χ4n) is 7.17. The third-order valence-electron chi connectivity index (χ3n) is 8.98. The summed E-state index contributed by atoms with van der Waals surface area (Å²) < 4.78 is 14.6. The van der Waals surface area contributed by atoms with Crippen LogP contribution >= 0.6 is 0 Å². The number of carbonyl (C=O) groups is 1. The molecule has 1 amide bonds. The van der Waals surface area contributed by atoms with Crippen LogP contribution in [0.15, 0.2) is 0 Å². The van der Waals surface area contributed by atoms with Gasteiger partial charge in [-0.1, -0.05) is 18.1 Å². The van der Waals surface area contributed by atoms with Crippen molar-refractivity contribution in [1.82, 2.24) is 10.1 Å². The Morgan fingerprint density at radius 1 is 0.933 bits per heavy atom. The van der Waals surface area contributed by atoms with E-state index in [4.69, 9.17) is 5.73 Å². The first-order valence-electron chi connectivity index (χ1n) is 12.3. The van der Waals surface area contributed by atoms with E-state index >= 15 is 0 Å². The molecule has 0 aromatic rings. The number of alkyl halides is 1. The van der Waals surface area contributed by atoms with Gasteiger partial charge in [-0.3, -0.25) is 15.2 Å². The first-order valence-corrected chi connectivity index (χ1v) is 12.3. The van der Waals surface area contributed by atoms with Crippen molar-refractivity contribution in [1.29, 1.82) is 0 Å². The first kappa shape index (κ1) is 22.4. The van der Waals surface area contributed by atoms with Crippen LogP contribution in [-0.2, 0) is 4.79 Å². The van der Waals surface area contributed by atoms with Crippen LogP contribution in [-0.4, -0.2) is 58.3 Å². The Labute approximate surface area is 179 Å². The summed E-state index contributed by atoms with van der Waals surface area (Å²) in [5.74, 6) is 1.99. The lowest BCUT2D eigenvalue weighted by atomic mass is 9.64. The van der Waals surface area contributed by atoms with E-state index < -0.39 is 6.17 Å². The van der Waals surface area contributed by atoms with Crippen molar-refractivity contribution in [2.75, 3.05) is 19.6 Å². The van der Waals surface area contributed by atoms with Gasteiger partial charge in [-0.2, -0.15) is 0 Å². The number of hydrogen-bond donors (Lipinski definition) is 3. The highest BCUT2D eigenvalue weighted by molar-refractivity contribution is 5.79. The maximum atomic E-state index is 14.6. The number of piperidine rings is 1. The molecule has 0 aromatic heterocycles. The van der Waals surface area contributed by atoms with Crippen LogP contribution in [0.25, 0.3) is 0 Å². The lowest BCUT2D eigenvalue weighted by Gasteiger charge is -2.46. The standard InChI is InChI=1S/C23H40FN3O3/c24-22-7-4-15(14-25)12-21(22)17-8-10-26(11-9-17)23(28)19-3-1-2-16-5-6-18(27(29)30)13-20(16)19/h15-22,29-30H,1-14,25H2. The maximum absolute atomic E-state index is 14.6. The van der Waals surface area contributed by atoms with E-state index in [2.05, 4.69) is 0 Å². The number of likely N-dealkylation sites (tertiary alicyclic amines) is 1. The smallest absolute Gasteiger partial charge is 0.225 e. The zero-order valence-electron chi connectivity index (χ0n) is 18.2. The minimum absolute atomic E-state index is 0.00766. The molecule has 172 valence electrons. The topological polar surface area (TPSA) is 90.0 Å². The molecule has 0 aromatic carbocycles. The molecule has 4 fully saturated rings. The van der Waals surface area contributed by atoms with Crippen LogP contribution in [0.3, 0.4) is 0 Å². The largest absolute Gasteiger partial charge is 0.342 e. The Morgan fingerprint density at radius 3 is 2.37 bits per heavy atom. The molecule has 4 aliphatic rings. The van der Waals surface area contributed by atoms with Crippen molar-refractivity contribution in [3.8, 4) is 0 Å². The minimum atomic E-state index is -0.710. The van der Waals surface area contributed by atoms with Gasteiger partial charge in [0.1, 0.15) is 6.17 Å². The average Bonchev–Trinajstić information content (AvgIpc) is 2.78. The highest BCUT2D eigenvalue weighted by atomic mass is 19.1. The van der Waals surface area contributed by atoms with Crippen LogP contribution in [0, 0.1) is 35.5 Å². The molecule has 7 unspecified atom stereocenters. The third-order valence-corrected chi connectivity index (χ3v) is 8.98. The fourth-order valence-corrected chi connectivity index (χ4v) is 7.17. The molecular formula is C23H40FN3O3. The molecule has 30 heavy (non-hydrogen) atoms. The fraction of sp³-hybridized carbons (Fsp3) is 0.957.